The minimum atomic E-state index is 0. The molecule has 4 nitrogen and oxygen atoms in total. The summed E-state index contributed by atoms with van der Waals surface area (Å²) in [6.45, 7) is 7.14. The van der Waals surface area contributed by atoms with E-state index in [2.05, 4.69) is 24.5 Å². The number of unbranched alkanes of at least 4 members (excludes halogenated alkanes) is 1. The van der Waals surface area contributed by atoms with Gasteiger partial charge >= 0.3 is 0 Å². The number of nitrogens with one attached hydrogen (secondary N) is 2. The molecule has 1 rings (SSSR count). The summed E-state index contributed by atoms with van der Waals surface area (Å²) < 4.78 is 5.28. The van der Waals surface area contributed by atoms with E-state index < -0.39 is 0 Å². The Morgan fingerprint density at radius 3 is 2.94 bits per heavy atom. The number of carbonyl (C=O) groups is 1. The first-order valence-corrected chi connectivity index (χ1v) is 6.32. The lowest BCUT2D eigenvalue weighted by Crippen LogP contribution is -2.49. The molecule has 102 valence electrons. The maximum Gasteiger partial charge on any atom is 0.246 e. The van der Waals surface area contributed by atoms with E-state index in [1.165, 1.54) is 0 Å². The third-order valence-corrected chi connectivity index (χ3v) is 3.01. The number of hydrogen-bond donors (Lipinski definition) is 2. The molecule has 1 fully saturated rings. The zero-order valence-electron chi connectivity index (χ0n) is 10.8. The van der Waals surface area contributed by atoms with Crippen molar-refractivity contribution in [2.45, 2.75) is 39.2 Å². The molecule has 2 unspecified atom stereocenters. The standard InChI is InChI=1S/C12H24N2O2.ClH/c1-3-4-7-16-9-12(15)14-11-5-6-13-8-10(11)2;/h10-11,13H,3-9H2,1-2H3,(H,14,15);1H. The molecule has 0 aliphatic carbocycles. The Balaban J connectivity index is 0.00000256. The topological polar surface area (TPSA) is 50.4 Å². The number of halogens is 1. The van der Waals surface area contributed by atoms with Crippen LogP contribution in [0, 0.1) is 5.92 Å². The van der Waals surface area contributed by atoms with Crippen LogP contribution in [0.5, 0.6) is 0 Å². The van der Waals surface area contributed by atoms with Crippen LogP contribution >= 0.6 is 12.4 Å². The molecule has 0 spiro atoms. The normalized spacial score (nSPS) is 23.9. The van der Waals surface area contributed by atoms with Crippen molar-refractivity contribution in [2.24, 2.45) is 5.92 Å². The smallest absolute Gasteiger partial charge is 0.246 e. The molecule has 1 saturated heterocycles. The molecule has 0 aromatic carbocycles. The molecule has 1 heterocycles. The molecule has 1 amide bonds. The number of piperidine rings is 1. The number of hydrogen-bond acceptors (Lipinski definition) is 3. The summed E-state index contributed by atoms with van der Waals surface area (Å²) in [6.07, 6.45) is 3.14. The van der Waals surface area contributed by atoms with Crippen LogP contribution in [0.25, 0.3) is 0 Å². The molecule has 0 aromatic heterocycles. The lowest BCUT2D eigenvalue weighted by Gasteiger charge is -2.30. The summed E-state index contributed by atoms with van der Waals surface area (Å²) in [7, 11) is 0. The largest absolute Gasteiger partial charge is 0.372 e. The van der Waals surface area contributed by atoms with Crippen molar-refractivity contribution in [1.29, 1.82) is 0 Å². The second-order valence-corrected chi connectivity index (χ2v) is 4.55. The van der Waals surface area contributed by atoms with Gasteiger partial charge in [-0.1, -0.05) is 20.3 Å². The third kappa shape index (κ3) is 6.86. The van der Waals surface area contributed by atoms with Gasteiger partial charge in [0.25, 0.3) is 0 Å². The fraction of sp³-hybridized carbons (Fsp3) is 0.917. The van der Waals surface area contributed by atoms with Gasteiger partial charge in [0.15, 0.2) is 0 Å². The molecular formula is C12H25ClN2O2. The Hall–Kier alpha value is -0.320. The SMILES string of the molecule is CCCCOCC(=O)NC1CCNCC1C.Cl. The summed E-state index contributed by atoms with van der Waals surface area (Å²) >= 11 is 0. The van der Waals surface area contributed by atoms with Gasteiger partial charge < -0.3 is 15.4 Å². The number of amides is 1. The lowest BCUT2D eigenvalue weighted by atomic mass is 9.95. The van der Waals surface area contributed by atoms with E-state index in [1.807, 2.05) is 0 Å². The minimum Gasteiger partial charge on any atom is -0.372 e. The van der Waals surface area contributed by atoms with Crippen LogP contribution in [-0.4, -0.2) is 38.3 Å². The molecule has 0 bridgehead atoms. The first-order chi connectivity index (χ1) is 7.74. The summed E-state index contributed by atoms with van der Waals surface area (Å²) in [5.74, 6) is 0.531. The Kier molecular flexibility index (Phi) is 9.50. The first kappa shape index (κ1) is 16.7. The van der Waals surface area contributed by atoms with E-state index in [4.69, 9.17) is 4.74 Å². The zero-order valence-corrected chi connectivity index (χ0v) is 11.6. The Labute approximate surface area is 110 Å². The van der Waals surface area contributed by atoms with Crippen molar-refractivity contribution in [3.8, 4) is 0 Å². The van der Waals surface area contributed by atoms with Crippen LogP contribution in [0.2, 0.25) is 0 Å². The van der Waals surface area contributed by atoms with E-state index >= 15 is 0 Å². The Bertz CT molecular complexity index is 215. The van der Waals surface area contributed by atoms with Gasteiger partial charge in [-0.2, -0.15) is 0 Å². The molecule has 2 atom stereocenters. The summed E-state index contributed by atoms with van der Waals surface area (Å²) in [5.41, 5.74) is 0. The van der Waals surface area contributed by atoms with Crippen LogP contribution < -0.4 is 10.6 Å². The van der Waals surface area contributed by atoms with Gasteiger partial charge in [-0.05, 0) is 31.8 Å². The highest BCUT2D eigenvalue weighted by Crippen LogP contribution is 2.09. The highest BCUT2D eigenvalue weighted by molar-refractivity contribution is 5.85. The van der Waals surface area contributed by atoms with Crippen molar-refractivity contribution < 1.29 is 9.53 Å². The van der Waals surface area contributed by atoms with Crippen molar-refractivity contribution in [2.75, 3.05) is 26.3 Å². The predicted molar refractivity (Wildman–Crippen MR) is 71.6 cm³/mol. The van der Waals surface area contributed by atoms with E-state index in [9.17, 15) is 4.79 Å². The average Bonchev–Trinajstić information content (AvgIpc) is 2.28. The predicted octanol–water partition coefficient (Wildman–Crippen LogP) is 1.34. The van der Waals surface area contributed by atoms with Crippen LogP contribution in [0.1, 0.15) is 33.1 Å². The quantitative estimate of drug-likeness (QED) is 0.712. The van der Waals surface area contributed by atoms with Crippen molar-refractivity contribution in [1.82, 2.24) is 10.6 Å². The van der Waals surface area contributed by atoms with Gasteiger partial charge in [0.2, 0.25) is 5.91 Å². The zero-order chi connectivity index (χ0) is 11.8. The highest BCUT2D eigenvalue weighted by atomic mass is 35.5. The summed E-state index contributed by atoms with van der Waals surface area (Å²) in [4.78, 5) is 11.6. The van der Waals surface area contributed by atoms with Gasteiger partial charge in [-0.25, -0.2) is 0 Å². The van der Waals surface area contributed by atoms with Gasteiger partial charge in [-0.15, -0.1) is 12.4 Å². The Morgan fingerprint density at radius 2 is 2.29 bits per heavy atom. The van der Waals surface area contributed by atoms with E-state index in [0.29, 0.717) is 18.6 Å². The Morgan fingerprint density at radius 1 is 1.53 bits per heavy atom. The fourth-order valence-electron chi connectivity index (χ4n) is 1.89. The molecular weight excluding hydrogens is 240 g/mol. The van der Waals surface area contributed by atoms with Crippen molar-refractivity contribution in [3.63, 3.8) is 0 Å². The van der Waals surface area contributed by atoms with E-state index in [0.717, 1.165) is 32.4 Å². The highest BCUT2D eigenvalue weighted by Gasteiger charge is 2.22. The van der Waals surface area contributed by atoms with Crippen molar-refractivity contribution in [3.05, 3.63) is 0 Å². The molecule has 17 heavy (non-hydrogen) atoms. The molecule has 0 saturated carbocycles. The molecule has 1 aliphatic heterocycles. The third-order valence-electron chi connectivity index (χ3n) is 3.01. The number of ether oxygens (including phenoxy) is 1. The molecule has 0 radical (unpaired) electrons. The van der Waals surface area contributed by atoms with Gasteiger partial charge in [-0.3, -0.25) is 4.79 Å². The first-order valence-electron chi connectivity index (χ1n) is 6.32. The molecule has 2 N–H and O–H groups in total. The monoisotopic (exact) mass is 264 g/mol. The van der Waals surface area contributed by atoms with Gasteiger partial charge in [0.1, 0.15) is 6.61 Å². The second-order valence-electron chi connectivity index (χ2n) is 4.55. The van der Waals surface area contributed by atoms with Crippen LogP contribution in [0.15, 0.2) is 0 Å². The second kappa shape index (κ2) is 9.68. The van der Waals surface area contributed by atoms with E-state index in [1.54, 1.807) is 0 Å². The molecule has 5 heteroatoms. The average molecular weight is 265 g/mol. The van der Waals surface area contributed by atoms with Gasteiger partial charge in [0, 0.05) is 12.6 Å². The number of rotatable bonds is 6. The van der Waals surface area contributed by atoms with Gasteiger partial charge in [0.05, 0.1) is 0 Å². The van der Waals surface area contributed by atoms with Crippen LogP contribution in [0.3, 0.4) is 0 Å². The minimum absolute atomic E-state index is 0. The number of carbonyl (C=O) groups excluding carboxylic acids is 1. The van der Waals surface area contributed by atoms with Crippen LogP contribution in [0.4, 0.5) is 0 Å². The molecule has 1 aliphatic rings. The summed E-state index contributed by atoms with van der Waals surface area (Å²) in [5, 5.41) is 6.36. The van der Waals surface area contributed by atoms with Crippen molar-refractivity contribution >= 4 is 18.3 Å². The fourth-order valence-corrected chi connectivity index (χ4v) is 1.89. The van der Waals surface area contributed by atoms with Crippen LogP contribution in [-0.2, 0) is 9.53 Å². The lowest BCUT2D eigenvalue weighted by molar-refractivity contribution is -0.126. The maximum absolute atomic E-state index is 11.6. The maximum atomic E-state index is 11.6. The van der Waals surface area contributed by atoms with E-state index in [-0.39, 0.29) is 24.9 Å². The summed E-state index contributed by atoms with van der Waals surface area (Å²) in [6, 6.07) is 0.309. The molecule has 0 aromatic rings.